The molecule has 3 aromatic rings. The summed E-state index contributed by atoms with van der Waals surface area (Å²) in [5.41, 5.74) is 2.79. The van der Waals surface area contributed by atoms with Crippen molar-refractivity contribution in [3.63, 3.8) is 0 Å². The SMILES string of the molecule is O=C1CCC(Nc2ccc(C3CCN(C4(C(=O)NC5CCC(Nc6ncc(F)c(-c7cccc(N8CCCCC8)c7)n6)CC5)CCCCC4)CC3)c(F)c2)C(=O)N1. The van der Waals surface area contributed by atoms with Gasteiger partial charge in [0.05, 0.1) is 6.20 Å². The van der Waals surface area contributed by atoms with Crippen LogP contribution in [0.15, 0.2) is 48.7 Å². The molecule has 3 amide bonds. The molecule has 5 fully saturated rings. The van der Waals surface area contributed by atoms with E-state index < -0.39 is 17.4 Å². The first-order valence-electron chi connectivity index (χ1n) is 21.3. The monoisotopic (exact) mass is 782 g/mol. The standard InChI is InChI=1S/C44H56F2N8O3/c45-36-27-33(48-38-16-17-39(55)51-41(38)56)14-15-35(36)29-18-24-54(25-19-29)44(20-3-1-4-21-44)42(57)49-31-10-12-32(13-11-31)50-43-47-28-37(46)40(52-43)30-8-7-9-34(26-30)53-22-5-2-6-23-53/h7-9,14-15,26-29,31-32,38,48H,1-6,10-13,16-25H2,(H,49,57)(H,47,50,52)(H,51,55,56). The Morgan fingerprint density at radius 2 is 1.53 bits per heavy atom. The van der Waals surface area contributed by atoms with E-state index in [1.54, 1.807) is 0 Å². The smallest absolute Gasteiger partial charge is 0.249 e. The Morgan fingerprint density at radius 1 is 0.789 bits per heavy atom. The highest BCUT2D eigenvalue weighted by molar-refractivity contribution is 6.01. The van der Waals surface area contributed by atoms with Crippen molar-refractivity contribution in [1.29, 1.82) is 0 Å². The molecule has 4 N–H and O–H groups in total. The summed E-state index contributed by atoms with van der Waals surface area (Å²) in [5, 5.41) is 12.3. The summed E-state index contributed by atoms with van der Waals surface area (Å²) in [7, 11) is 0. The first-order valence-corrected chi connectivity index (χ1v) is 21.3. The van der Waals surface area contributed by atoms with E-state index in [9.17, 15) is 14.4 Å². The molecule has 2 aromatic carbocycles. The van der Waals surface area contributed by atoms with Crippen LogP contribution in [0.2, 0.25) is 0 Å². The van der Waals surface area contributed by atoms with Crippen LogP contribution in [0, 0.1) is 11.6 Å². The van der Waals surface area contributed by atoms with Gasteiger partial charge in [-0.25, -0.2) is 18.7 Å². The van der Waals surface area contributed by atoms with E-state index in [-0.39, 0.29) is 48.0 Å². The molecule has 57 heavy (non-hydrogen) atoms. The third-order valence-corrected chi connectivity index (χ3v) is 13.2. The van der Waals surface area contributed by atoms with Crippen LogP contribution in [-0.4, -0.2) is 82.4 Å². The second kappa shape index (κ2) is 17.5. The number of anilines is 3. The first-order chi connectivity index (χ1) is 27.7. The van der Waals surface area contributed by atoms with Gasteiger partial charge in [0.25, 0.3) is 0 Å². The van der Waals surface area contributed by atoms with Crippen molar-refractivity contribution < 1.29 is 23.2 Å². The summed E-state index contributed by atoms with van der Waals surface area (Å²) in [6, 6.07) is 12.7. The number of hydrogen-bond donors (Lipinski definition) is 4. The molecule has 0 radical (unpaired) electrons. The van der Waals surface area contributed by atoms with Crippen LogP contribution in [0.5, 0.6) is 0 Å². The van der Waals surface area contributed by atoms with Gasteiger partial charge in [-0.15, -0.1) is 0 Å². The highest BCUT2D eigenvalue weighted by Gasteiger charge is 2.46. The minimum absolute atomic E-state index is 0.0447. The molecule has 4 heterocycles. The maximum atomic E-state index is 15.5. The Balaban J connectivity index is 0.844. The maximum absolute atomic E-state index is 15.5. The Morgan fingerprint density at radius 3 is 2.26 bits per heavy atom. The highest BCUT2D eigenvalue weighted by Crippen LogP contribution is 2.40. The predicted octanol–water partition coefficient (Wildman–Crippen LogP) is 7.05. The van der Waals surface area contributed by atoms with Gasteiger partial charge in [0.2, 0.25) is 23.7 Å². The zero-order chi connectivity index (χ0) is 39.4. The average Bonchev–Trinajstić information content (AvgIpc) is 3.24. The van der Waals surface area contributed by atoms with E-state index in [1.165, 1.54) is 31.5 Å². The molecular weight excluding hydrogens is 727 g/mol. The molecule has 1 aromatic heterocycles. The molecule has 1 unspecified atom stereocenters. The highest BCUT2D eigenvalue weighted by atomic mass is 19.1. The molecule has 0 bridgehead atoms. The van der Waals surface area contributed by atoms with Gasteiger partial charge < -0.3 is 20.9 Å². The fourth-order valence-corrected chi connectivity index (χ4v) is 9.95. The summed E-state index contributed by atoms with van der Waals surface area (Å²) < 4.78 is 30.6. The van der Waals surface area contributed by atoms with Crippen LogP contribution in [0.3, 0.4) is 0 Å². The fraction of sp³-hybridized carbons (Fsp3) is 0.568. The van der Waals surface area contributed by atoms with Crippen molar-refractivity contribution in [2.45, 2.75) is 132 Å². The molecule has 11 nitrogen and oxygen atoms in total. The number of piperidine rings is 3. The number of halogens is 2. The van der Waals surface area contributed by atoms with Gasteiger partial charge in [0.1, 0.15) is 23.1 Å². The van der Waals surface area contributed by atoms with Crippen molar-refractivity contribution in [2.75, 3.05) is 41.7 Å². The van der Waals surface area contributed by atoms with Crippen molar-refractivity contribution in [3.8, 4) is 11.3 Å². The molecule has 3 aliphatic heterocycles. The number of benzene rings is 2. The number of imide groups is 1. The van der Waals surface area contributed by atoms with Crippen LogP contribution in [0.25, 0.3) is 11.3 Å². The van der Waals surface area contributed by atoms with Crippen molar-refractivity contribution >= 4 is 35.0 Å². The van der Waals surface area contributed by atoms with E-state index in [0.29, 0.717) is 29.3 Å². The molecule has 13 heteroatoms. The van der Waals surface area contributed by atoms with Gasteiger partial charge in [0, 0.05) is 48.5 Å². The third kappa shape index (κ3) is 8.93. The number of hydrogen-bond acceptors (Lipinski definition) is 9. The number of likely N-dealkylation sites (tertiary alicyclic amines) is 1. The topological polar surface area (TPSA) is 132 Å². The van der Waals surface area contributed by atoms with E-state index in [2.05, 4.69) is 47.1 Å². The molecule has 8 rings (SSSR count). The molecular formula is C44H56F2N8O3. The minimum Gasteiger partial charge on any atom is -0.374 e. The summed E-state index contributed by atoms with van der Waals surface area (Å²) in [5.74, 6) is -0.811. The molecule has 2 aliphatic carbocycles. The van der Waals surface area contributed by atoms with Gasteiger partial charge in [-0.1, -0.05) is 37.5 Å². The number of rotatable bonds is 10. The maximum Gasteiger partial charge on any atom is 0.249 e. The van der Waals surface area contributed by atoms with Crippen LogP contribution >= 0.6 is 0 Å². The van der Waals surface area contributed by atoms with E-state index >= 15 is 8.78 Å². The van der Waals surface area contributed by atoms with Crippen molar-refractivity contribution in [1.82, 2.24) is 25.5 Å². The van der Waals surface area contributed by atoms with Crippen molar-refractivity contribution in [3.05, 3.63) is 65.9 Å². The number of nitrogens with one attached hydrogen (secondary N) is 4. The van der Waals surface area contributed by atoms with Gasteiger partial charge in [0.15, 0.2) is 5.82 Å². The lowest BCUT2D eigenvalue weighted by atomic mass is 9.76. The van der Waals surface area contributed by atoms with Gasteiger partial charge >= 0.3 is 0 Å². The zero-order valence-corrected chi connectivity index (χ0v) is 32.8. The molecule has 2 saturated carbocycles. The number of aromatic nitrogens is 2. The molecule has 304 valence electrons. The van der Waals surface area contributed by atoms with Crippen LogP contribution in [0.1, 0.15) is 114 Å². The van der Waals surface area contributed by atoms with E-state index in [1.807, 2.05) is 30.3 Å². The summed E-state index contributed by atoms with van der Waals surface area (Å²) >= 11 is 0. The average molecular weight is 783 g/mol. The van der Waals surface area contributed by atoms with Crippen LogP contribution in [0.4, 0.5) is 26.1 Å². The fourth-order valence-electron chi connectivity index (χ4n) is 9.95. The zero-order valence-electron chi connectivity index (χ0n) is 32.8. The molecule has 1 atom stereocenters. The van der Waals surface area contributed by atoms with Gasteiger partial charge in [-0.05, 0) is 126 Å². The normalized spacial score (nSPS) is 24.7. The third-order valence-electron chi connectivity index (χ3n) is 13.2. The van der Waals surface area contributed by atoms with E-state index in [4.69, 9.17) is 0 Å². The van der Waals surface area contributed by atoms with Crippen molar-refractivity contribution in [2.24, 2.45) is 0 Å². The number of nitrogens with zero attached hydrogens (tertiary/aromatic N) is 4. The molecule has 5 aliphatic rings. The summed E-state index contributed by atoms with van der Waals surface area (Å²) in [6.45, 7) is 3.49. The molecule has 0 spiro atoms. The second-order valence-electron chi connectivity index (χ2n) is 16.9. The van der Waals surface area contributed by atoms with Gasteiger partial charge in [-0.3, -0.25) is 24.6 Å². The molecule has 3 saturated heterocycles. The lowest BCUT2D eigenvalue weighted by Crippen LogP contribution is -2.62. The number of carbonyl (C=O) groups excluding carboxylic acids is 3. The largest absolute Gasteiger partial charge is 0.374 e. The Bertz CT molecular complexity index is 1920. The Labute approximate surface area is 334 Å². The van der Waals surface area contributed by atoms with Crippen LogP contribution < -0.4 is 26.2 Å². The summed E-state index contributed by atoms with van der Waals surface area (Å²) in [6.07, 6.45) is 15.2. The lowest BCUT2D eigenvalue weighted by Gasteiger charge is -2.48. The van der Waals surface area contributed by atoms with E-state index in [0.717, 1.165) is 108 Å². The Hall–Kier alpha value is -4.65. The Kier molecular flexibility index (Phi) is 12.0. The second-order valence-corrected chi connectivity index (χ2v) is 16.9. The quantitative estimate of drug-likeness (QED) is 0.160. The predicted molar refractivity (Wildman–Crippen MR) is 217 cm³/mol. The number of carbonyl (C=O) groups is 3. The number of amides is 3. The first kappa shape index (κ1) is 39.2. The van der Waals surface area contributed by atoms with Crippen LogP contribution in [-0.2, 0) is 14.4 Å². The summed E-state index contributed by atoms with van der Waals surface area (Å²) in [4.78, 5) is 51.7. The van der Waals surface area contributed by atoms with Gasteiger partial charge in [-0.2, -0.15) is 0 Å². The minimum atomic E-state index is -0.566. The lowest BCUT2D eigenvalue weighted by molar-refractivity contribution is -0.138.